The number of carbonyl (C=O) groups excluding carboxylic acids is 2. The predicted octanol–water partition coefficient (Wildman–Crippen LogP) is 2.00. The smallest absolute Gasteiger partial charge is 0.255 e. The first-order valence-electron chi connectivity index (χ1n) is 6.17. The molecule has 2 aromatic rings. The van der Waals surface area contributed by atoms with Crippen LogP contribution in [-0.4, -0.2) is 16.7 Å². The Kier molecular flexibility index (Phi) is 4.22. The number of ketones is 1. The van der Waals surface area contributed by atoms with E-state index in [1.165, 1.54) is 6.92 Å². The van der Waals surface area contributed by atoms with Crippen molar-refractivity contribution >= 4 is 17.4 Å². The monoisotopic (exact) mass is 269 g/mol. The molecule has 3 N–H and O–H groups in total. The SMILES string of the molecule is CC(=O)c1ccc(NC(=O)c2ccnc(CN)c2)cc1. The number of rotatable bonds is 4. The van der Waals surface area contributed by atoms with Gasteiger partial charge in [0.15, 0.2) is 5.78 Å². The normalized spacial score (nSPS) is 10.1. The van der Waals surface area contributed by atoms with Crippen molar-refractivity contribution in [2.45, 2.75) is 13.5 Å². The van der Waals surface area contributed by atoms with Crippen molar-refractivity contribution in [2.75, 3.05) is 5.32 Å². The van der Waals surface area contributed by atoms with Gasteiger partial charge in [0.2, 0.25) is 0 Å². The number of anilines is 1. The van der Waals surface area contributed by atoms with Crippen molar-refractivity contribution < 1.29 is 9.59 Å². The summed E-state index contributed by atoms with van der Waals surface area (Å²) in [5.74, 6) is -0.248. The fourth-order valence-corrected chi connectivity index (χ4v) is 1.72. The van der Waals surface area contributed by atoms with Crippen LogP contribution >= 0.6 is 0 Å². The van der Waals surface area contributed by atoms with Gasteiger partial charge in [0.25, 0.3) is 5.91 Å². The average Bonchev–Trinajstić information content (AvgIpc) is 2.47. The summed E-state index contributed by atoms with van der Waals surface area (Å²) in [4.78, 5) is 27.3. The third kappa shape index (κ3) is 3.27. The van der Waals surface area contributed by atoms with Crippen molar-refractivity contribution in [2.24, 2.45) is 5.73 Å². The molecule has 0 radical (unpaired) electrons. The van der Waals surface area contributed by atoms with Crippen molar-refractivity contribution in [3.05, 3.63) is 59.4 Å². The average molecular weight is 269 g/mol. The van der Waals surface area contributed by atoms with Crippen LogP contribution < -0.4 is 11.1 Å². The number of benzene rings is 1. The fourth-order valence-electron chi connectivity index (χ4n) is 1.72. The Bertz CT molecular complexity index is 636. The lowest BCUT2D eigenvalue weighted by atomic mass is 10.1. The summed E-state index contributed by atoms with van der Waals surface area (Å²) in [6.45, 7) is 1.79. The number of hydrogen-bond donors (Lipinski definition) is 2. The van der Waals surface area contributed by atoms with E-state index >= 15 is 0 Å². The Morgan fingerprint density at radius 3 is 2.45 bits per heavy atom. The summed E-state index contributed by atoms with van der Waals surface area (Å²) in [6.07, 6.45) is 1.55. The van der Waals surface area contributed by atoms with Gasteiger partial charge in [-0.25, -0.2) is 0 Å². The zero-order valence-electron chi connectivity index (χ0n) is 11.1. The first kappa shape index (κ1) is 13.9. The van der Waals surface area contributed by atoms with Crippen molar-refractivity contribution in [3.8, 4) is 0 Å². The molecule has 0 saturated heterocycles. The van der Waals surface area contributed by atoms with Crippen LogP contribution in [0.1, 0.15) is 33.3 Å². The van der Waals surface area contributed by atoms with E-state index in [-0.39, 0.29) is 18.2 Å². The molecule has 0 spiro atoms. The molecule has 1 amide bonds. The number of pyridine rings is 1. The summed E-state index contributed by atoms with van der Waals surface area (Å²) in [5, 5.41) is 2.76. The van der Waals surface area contributed by atoms with Crippen LogP contribution in [0.2, 0.25) is 0 Å². The second-order valence-electron chi connectivity index (χ2n) is 4.33. The van der Waals surface area contributed by atoms with Crippen LogP contribution in [0.5, 0.6) is 0 Å². The number of Topliss-reactive ketones (excluding diaryl/α,β-unsaturated/α-hetero) is 1. The van der Waals surface area contributed by atoms with E-state index in [1.54, 1.807) is 42.6 Å². The molecule has 0 atom stereocenters. The number of nitrogens with zero attached hydrogens (tertiary/aromatic N) is 1. The van der Waals surface area contributed by atoms with E-state index in [0.29, 0.717) is 22.5 Å². The Morgan fingerprint density at radius 1 is 1.15 bits per heavy atom. The standard InChI is InChI=1S/C15H15N3O2/c1-10(19)11-2-4-13(5-3-11)18-15(20)12-6-7-17-14(8-12)9-16/h2-8H,9,16H2,1H3,(H,18,20). The van der Waals surface area contributed by atoms with Crippen LogP contribution in [0.25, 0.3) is 0 Å². The highest BCUT2D eigenvalue weighted by Crippen LogP contribution is 2.12. The third-order valence-corrected chi connectivity index (χ3v) is 2.84. The first-order chi connectivity index (χ1) is 9.60. The highest BCUT2D eigenvalue weighted by atomic mass is 16.1. The molecule has 0 aliphatic rings. The quantitative estimate of drug-likeness (QED) is 0.831. The minimum absolute atomic E-state index is 0.00963. The van der Waals surface area contributed by atoms with Crippen molar-refractivity contribution in [3.63, 3.8) is 0 Å². The second kappa shape index (κ2) is 6.08. The number of nitrogens with one attached hydrogen (secondary N) is 1. The minimum Gasteiger partial charge on any atom is -0.325 e. The molecule has 0 aliphatic heterocycles. The molecule has 0 bridgehead atoms. The molecule has 0 fully saturated rings. The predicted molar refractivity (Wildman–Crippen MR) is 76.5 cm³/mol. The maximum absolute atomic E-state index is 12.1. The molecule has 5 heteroatoms. The zero-order valence-corrected chi connectivity index (χ0v) is 11.1. The van der Waals surface area contributed by atoms with Crippen LogP contribution in [0.3, 0.4) is 0 Å². The first-order valence-corrected chi connectivity index (χ1v) is 6.17. The molecule has 5 nitrogen and oxygen atoms in total. The molecule has 1 heterocycles. The maximum atomic E-state index is 12.1. The van der Waals surface area contributed by atoms with Crippen LogP contribution in [-0.2, 0) is 6.54 Å². The number of carbonyl (C=O) groups is 2. The van der Waals surface area contributed by atoms with E-state index in [2.05, 4.69) is 10.3 Å². The number of nitrogens with two attached hydrogens (primary N) is 1. The second-order valence-corrected chi connectivity index (χ2v) is 4.33. The highest BCUT2D eigenvalue weighted by molar-refractivity contribution is 6.04. The molecular formula is C15H15N3O2. The van der Waals surface area contributed by atoms with Gasteiger partial charge in [-0.1, -0.05) is 0 Å². The lowest BCUT2D eigenvalue weighted by molar-refractivity contribution is 0.101. The van der Waals surface area contributed by atoms with E-state index in [9.17, 15) is 9.59 Å². The van der Waals surface area contributed by atoms with E-state index in [4.69, 9.17) is 5.73 Å². The lowest BCUT2D eigenvalue weighted by Gasteiger charge is -2.06. The molecule has 1 aromatic carbocycles. The summed E-state index contributed by atoms with van der Waals surface area (Å²) < 4.78 is 0. The van der Waals surface area contributed by atoms with Crippen molar-refractivity contribution in [1.82, 2.24) is 4.98 Å². The van der Waals surface area contributed by atoms with Gasteiger partial charge in [0.1, 0.15) is 0 Å². The largest absolute Gasteiger partial charge is 0.325 e. The number of hydrogen-bond acceptors (Lipinski definition) is 4. The van der Waals surface area contributed by atoms with Gasteiger partial charge < -0.3 is 11.1 Å². The third-order valence-electron chi connectivity index (χ3n) is 2.84. The van der Waals surface area contributed by atoms with Gasteiger partial charge >= 0.3 is 0 Å². The van der Waals surface area contributed by atoms with Crippen LogP contribution in [0, 0.1) is 0 Å². The van der Waals surface area contributed by atoms with Crippen molar-refractivity contribution in [1.29, 1.82) is 0 Å². The fraction of sp³-hybridized carbons (Fsp3) is 0.133. The van der Waals surface area contributed by atoms with Gasteiger partial charge in [-0.2, -0.15) is 0 Å². The van der Waals surface area contributed by atoms with E-state index < -0.39 is 0 Å². The van der Waals surface area contributed by atoms with Crippen LogP contribution in [0.15, 0.2) is 42.6 Å². The number of amides is 1. The highest BCUT2D eigenvalue weighted by Gasteiger charge is 2.07. The molecule has 1 aromatic heterocycles. The zero-order chi connectivity index (χ0) is 14.5. The Balaban J connectivity index is 2.12. The van der Waals surface area contributed by atoms with Gasteiger partial charge in [-0.3, -0.25) is 14.6 Å². The summed E-state index contributed by atoms with van der Waals surface area (Å²) in [7, 11) is 0. The Labute approximate surface area is 116 Å². The molecule has 0 aliphatic carbocycles. The molecule has 20 heavy (non-hydrogen) atoms. The topological polar surface area (TPSA) is 85.1 Å². The Morgan fingerprint density at radius 2 is 1.85 bits per heavy atom. The van der Waals surface area contributed by atoms with E-state index in [1.807, 2.05) is 0 Å². The molecule has 102 valence electrons. The summed E-state index contributed by atoms with van der Waals surface area (Å²) in [6, 6.07) is 10.0. The molecule has 0 unspecified atom stereocenters. The van der Waals surface area contributed by atoms with E-state index in [0.717, 1.165) is 0 Å². The van der Waals surface area contributed by atoms with Gasteiger partial charge in [-0.05, 0) is 43.3 Å². The van der Waals surface area contributed by atoms with Gasteiger partial charge in [0, 0.05) is 29.6 Å². The molecular weight excluding hydrogens is 254 g/mol. The molecule has 0 saturated carbocycles. The minimum atomic E-state index is -0.238. The lowest BCUT2D eigenvalue weighted by Crippen LogP contribution is -2.13. The van der Waals surface area contributed by atoms with Gasteiger partial charge in [-0.15, -0.1) is 0 Å². The maximum Gasteiger partial charge on any atom is 0.255 e. The molecule has 2 rings (SSSR count). The van der Waals surface area contributed by atoms with Crippen LogP contribution in [0.4, 0.5) is 5.69 Å². The summed E-state index contributed by atoms with van der Waals surface area (Å²) >= 11 is 0. The number of aromatic nitrogens is 1. The summed E-state index contributed by atoms with van der Waals surface area (Å²) in [5.41, 5.74) is 7.88. The Hall–Kier alpha value is -2.53. The van der Waals surface area contributed by atoms with Gasteiger partial charge in [0.05, 0.1) is 5.69 Å².